The molecular weight excluding hydrogens is 510 g/mol. The van der Waals surface area contributed by atoms with Gasteiger partial charge < -0.3 is 24.8 Å². The molecule has 212 valence electrons. The monoisotopic (exact) mass is 545 g/mol. The number of nitrogens with zero attached hydrogens (tertiary/aromatic N) is 1. The first kappa shape index (κ1) is 31.0. The fourth-order valence-corrected chi connectivity index (χ4v) is 3.77. The maximum Gasteiger partial charge on any atom is 0.355 e. The van der Waals surface area contributed by atoms with Gasteiger partial charge in [0.2, 0.25) is 0 Å². The van der Waals surface area contributed by atoms with Crippen molar-refractivity contribution in [2.75, 3.05) is 13.2 Å². The van der Waals surface area contributed by atoms with Crippen molar-refractivity contribution in [3.05, 3.63) is 63.0 Å². The van der Waals surface area contributed by atoms with Gasteiger partial charge in [0.15, 0.2) is 0 Å². The lowest BCUT2D eigenvalue weighted by atomic mass is 9.85. The molecule has 0 radical (unpaired) electrons. The number of carbonyl (C=O) groups is 4. The second-order valence-electron chi connectivity index (χ2n) is 9.99. The number of nitro groups is 1. The molecule has 1 aliphatic heterocycles. The third-order valence-corrected chi connectivity index (χ3v) is 5.45. The molecule has 1 aliphatic rings. The van der Waals surface area contributed by atoms with Gasteiger partial charge in [0.1, 0.15) is 23.0 Å². The van der Waals surface area contributed by atoms with Gasteiger partial charge in [-0.05, 0) is 52.2 Å². The number of esters is 3. The number of ether oxygens (including phenoxy) is 3. The molecule has 1 amide bonds. The van der Waals surface area contributed by atoms with Crippen LogP contribution in [0.4, 0.5) is 5.69 Å². The second-order valence-corrected chi connectivity index (χ2v) is 9.99. The van der Waals surface area contributed by atoms with E-state index in [2.05, 4.69) is 10.6 Å². The summed E-state index contributed by atoms with van der Waals surface area (Å²) in [5.41, 5.74) is -1.54. The average Bonchev–Trinajstić information content (AvgIpc) is 2.85. The van der Waals surface area contributed by atoms with E-state index in [0.29, 0.717) is 0 Å². The van der Waals surface area contributed by atoms with Crippen LogP contribution in [0.2, 0.25) is 0 Å². The van der Waals surface area contributed by atoms with Crippen LogP contribution in [0.3, 0.4) is 0 Å². The molecule has 2 N–H and O–H groups in total. The minimum atomic E-state index is -1.11. The Hall–Kier alpha value is -4.22. The molecule has 2 rings (SSSR count). The summed E-state index contributed by atoms with van der Waals surface area (Å²) < 4.78 is 15.7. The third-order valence-electron chi connectivity index (χ3n) is 5.45. The molecule has 12 heteroatoms. The molecule has 0 spiro atoms. The van der Waals surface area contributed by atoms with Crippen molar-refractivity contribution in [3.63, 3.8) is 0 Å². The molecule has 12 nitrogen and oxygen atoms in total. The quantitative estimate of drug-likeness (QED) is 0.193. The number of allylic oxidation sites excluding steroid dienone is 1. The maximum absolute atomic E-state index is 13.8. The molecule has 1 aromatic carbocycles. The van der Waals surface area contributed by atoms with Crippen molar-refractivity contribution in [2.45, 2.75) is 66.0 Å². The molecule has 1 aromatic rings. The molecule has 39 heavy (non-hydrogen) atoms. The van der Waals surface area contributed by atoms with Crippen molar-refractivity contribution in [1.82, 2.24) is 10.6 Å². The predicted octanol–water partition coefficient (Wildman–Crippen LogP) is 3.03. The van der Waals surface area contributed by atoms with Crippen LogP contribution in [0.15, 0.2) is 47.3 Å². The van der Waals surface area contributed by atoms with Gasteiger partial charge in [0.05, 0.1) is 23.7 Å². The van der Waals surface area contributed by atoms with Crippen molar-refractivity contribution < 1.29 is 38.3 Å². The zero-order valence-electron chi connectivity index (χ0n) is 23.2. The van der Waals surface area contributed by atoms with Crippen molar-refractivity contribution in [3.8, 4) is 0 Å². The Kier molecular flexibility index (Phi) is 10.4. The number of hydrogen-bond acceptors (Lipinski definition) is 10. The third kappa shape index (κ3) is 8.13. The van der Waals surface area contributed by atoms with Crippen LogP contribution in [0, 0.1) is 16.0 Å². The van der Waals surface area contributed by atoms with Crippen LogP contribution in [0.5, 0.6) is 0 Å². The number of dihydropyridines is 1. The zero-order chi connectivity index (χ0) is 29.5. The topological polar surface area (TPSA) is 163 Å². The summed E-state index contributed by atoms with van der Waals surface area (Å²) in [6.45, 7) is 11.7. The van der Waals surface area contributed by atoms with Gasteiger partial charge in [0, 0.05) is 18.1 Å². The number of rotatable bonds is 10. The van der Waals surface area contributed by atoms with E-state index in [-0.39, 0.29) is 41.4 Å². The van der Waals surface area contributed by atoms with Crippen LogP contribution in [0.1, 0.15) is 59.9 Å². The standard InChI is InChI=1S/C27H35N3O9/c1-8-37-24(32)19-14-18(16-11-10-12-17(13-16)30(35)36)20(22(28-19)25(33)38-9-2)23(31)29-21(15(3)4)26(34)39-27(5,6)7/h10-15,18,21,28H,8-9H2,1-7H3,(H,29,31)/t18-,21?/m1/s1. The predicted molar refractivity (Wildman–Crippen MR) is 140 cm³/mol. The Morgan fingerprint density at radius 1 is 1.08 bits per heavy atom. The lowest BCUT2D eigenvalue weighted by molar-refractivity contribution is -0.384. The van der Waals surface area contributed by atoms with Crippen LogP contribution >= 0.6 is 0 Å². The largest absolute Gasteiger partial charge is 0.461 e. The number of amides is 1. The Balaban J connectivity index is 2.71. The first-order valence-electron chi connectivity index (χ1n) is 12.5. The Morgan fingerprint density at radius 2 is 1.69 bits per heavy atom. The summed E-state index contributed by atoms with van der Waals surface area (Å²) in [7, 11) is 0. The maximum atomic E-state index is 13.8. The van der Waals surface area contributed by atoms with Crippen LogP contribution < -0.4 is 10.6 Å². The summed E-state index contributed by atoms with van der Waals surface area (Å²) in [4.78, 5) is 63.2. The number of hydrogen-bond donors (Lipinski definition) is 2. The molecule has 0 aliphatic carbocycles. The SMILES string of the molecule is CCOC(=O)C1=C[C@H](c2cccc([N+](=O)[O-])c2)C(C(=O)NC(C(=O)OC(C)(C)C)C(C)C)=C(C(=O)OCC)N1. The highest BCUT2D eigenvalue weighted by atomic mass is 16.6. The van der Waals surface area contributed by atoms with Crippen molar-refractivity contribution >= 4 is 29.5 Å². The van der Waals surface area contributed by atoms with Gasteiger partial charge in [-0.2, -0.15) is 0 Å². The van der Waals surface area contributed by atoms with E-state index < -0.39 is 52.2 Å². The molecule has 1 unspecified atom stereocenters. The number of nitrogens with one attached hydrogen (secondary N) is 2. The second kappa shape index (κ2) is 13.0. The van der Waals surface area contributed by atoms with E-state index in [4.69, 9.17) is 14.2 Å². The molecule has 0 bridgehead atoms. The van der Waals surface area contributed by atoms with E-state index in [9.17, 15) is 29.3 Å². The molecule has 0 saturated heterocycles. The highest BCUT2D eigenvalue weighted by molar-refractivity contribution is 6.07. The summed E-state index contributed by atoms with van der Waals surface area (Å²) in [6.07, 6.45) is 1.34. The van der Waals surface area contributed by atoms with Gasteiger partial charge in [-0.3, -0.25) is 14.9 Å². The molecule has 1 heterocycles. The van der Waals surface area contributed by atoms with Gasteiger partial charge in [-0.1, -0.05) is 26.0 Å². The number of carbonyl (C=O) groups excluding carboxylic acids is 4. The Morgan fingerprint density at radius 3 is 2.23 bits per heavy atom. The Bertz CT molecular complexity index is 1200. The van der Waals surface area contributed by atoms with Crippen LogP contribution in [-0.4, -0.2) is 53.6 Å². The van der Waals surface area contributed by atoms with E-state index in [1.165, 1.54) is 30.3 Å². The number of non-ortho nitro benzene ring substituents is 1. The molecule has 0 aromatic heterocycles. The van der Waals surface area contributed by atoms with E-state index in [0.717, 1.165) is 0 Å². The molecule has 0 saturated carbocycles. The van der Waals surface area contributed by atoms with Crippen molar-refractivity contribution in [1.29, 1.82) is 0 Å². The van der Waals surface area contributed by atoms with E-state index >= 15 is 0 Å². The summed E-state index contributed by atoms with van der Waals surface area (Å²) in [5, 5.41) is 16.7. The van der Waals surface area contributed by atoms with Gasteiger partial charge in [0.25, 0.3) is 11.6 Å². The van der Waals surface area contributed by atoms with Crippen LogP contribution in [0.25, 0.3) is 0 Å². The molecular formula is C27H35N3O9. The smallest absolute Gasteiger partial charge is 0.355 e. The number of nitro benzene ring substituents is 1. The summed E-state index contributed by atoms with van der Waals surface area (Å²) in [5.74, 6) is -4.76. The van der Waals surface area contributed by atoms with E-state index in [1.54, 1.807) is 48.5 Å². The van der Waals surface area contributed by atoms with Gasteiger partial charge >= 0.3 is 17.9 Å². The normalized spacial score (nSPS) is 16.0. The lowest BCUT2D eigenvalue weighted by Gasteiger charge is -2.30. The van der Waals surface area contributed by atoms with E-state index in [1.807, 2.05) is 0 Å². The van der Waals surface area contributed by atoms with Gasteiger partial charge in [-0.15, -0.1) is 0 Å². The average molecular weight is 546 g/mol. The number of benzene rings is 1. The fraction of sp³-hybridized carbons (Fsp3) is 0.481. The highest BCUT2D eigenvalue weighted by Crippen LogP contribution is 2.35. The first-order valence-corrected chi connectivity index (χ1v) is 12.5. The fourth-order valence-electron chi connectivity index (χ4n) is 3.77. The van der Waals surface area contributed by atoms with Gasteiger partial charge in [-0.25, -0.2) is 14.4 Å². The Labute approximate surface area is 226 Å². The highest BCUT2D eigenvalue weighted by Gasteiger charge is 2.38. The lowest BCUT2D eigenvalue weighted by Crippen LogP contribution is -2.49. The molecule has 0 fully saturated rings. The first-order chi connectivity index (χ1) is 18.2. The van der Waals surface area contributed by atoms with Crippen LogP contribution in [-0.2, 0) is 33.4 Å². The summed E-state index contributed by atoms with van der Waals surface area (Å²) in [6, 6.07) is 4.36. The zero-order valence-corrected chi connectivity index (χ0v) is 23.2. The minimum absolute atomic E-state index is 0.0363. The minimum Gasteiger partial charge on any atom is -0.461 e. The molecule has 2 atom stereocenters. The summed E-state index contributed by atoms with van der Waals surface area (Å²) >= 11 is 0. The van der Waals surface area contributed by atoms with Crippen molar-refractivity contribution in [2.24, 2.45) is 5.92 Å².